The van der Waals surface area contributed by atoms with E-state index in [1.165, 1.54) is 0 Å². The third-order valence-electron chi connectivity index (χ3n) is 11.0. The number of amides is 5. The first-order valence-corrected chi connectivity index (χ1v) is 17.7. The highest BCUT2D eigenvalue weighted by atomic mass is 16.2. The van der Waals surface area contributed by atoms with E-state index in [2.05, 4.69) is 55.9 Å². The third-order valence-corrected chi connectivity index (χ3v) is 11.0. The first kappa shape index (κ1) is 32.4. The van der Waals surface area contributed by atoms with E-state index in [0.717, 1.165) is 78.7 Å². The van der Waals surface area contributed by atoms with Crippen LogP contribution in [0.4, 0.5) is 15.3 Å². The molecule has 5 amide bonds. The molecule has 0 saturated carbocycles. The van der Waals surface area contributed by atoms with Crippen molar-refractivity contribution in [3.8, 4) is 0 Å². The second-order valence-electron chi connectivity index (χ2n) is 14.1. The van der Waals surface area contributed by atoms with Gasteiger partial charge in [0.05, 0.1) is 11.7 Å². The summed E-state index contributed by atoms with van der Waals surface area (Å²) >= 11 is 0. The number of urea groups is 2. The lowest BCUT2D eigenvalue weighted by Crippen LogP contribution is -2.58. The Morgan fingerprint density at radius 2 is 1.62 bits per heavy atom. The van der Waals surface area contributed by atoms with Crippen LogP contribution in [-0.4, -0.2) is 137 Å². The molecule has 3 fully saturated rings. The zero-order valence-electron chi connectivity index (χ0n) is 28.3. The first-order chi connectivity index (χ1) is 23.3. The fourth-order valence-electron chi connectivity index (χ4n) is 8.08. The Hall–Kier alpha value is -4.16. The Kier molecular flexibility index (Phi) is 9.54. The highest BCUT2D eigenvalue weighted by Crippen LogP contribution is 2.26. The van der Waals surface area contributed by atoms with Crippen LogP contribution in [0.15, 0.2) is 42.6 Å². The Morgan fingerprint density at radius 1 is 0.917 bits per heavy atom. The molecule has 48 heavy (non-hydrogen) atoms. The lowest BCUT2D eigenvalue weighted by atomic mass is 9.98. The maximum absolute atomic E-state index is 14.2. The molecule has 12 nitrogen and oxygen atoms in total. The minimum Gasteiger partial charge on any atom is -0.341 e. The van der Waals surface area contributed by atoms with Crippen LogP contribution in [0.5, 0.6) is 0 Å². The molecule has 0 radical (unpaired) electrons. The zero-order valence-corrected chi connectivity index (χ0v) is 28.3. The van der Waals surface area contributed by atoms with Gasteiger partial charge < -0.3 is 30.2 Å². The lowest BCUT2D eigenvalue weighted by Gasteiger charge is -2.42. The molecule has 2 aromatic carbocycles. The van der Waals surface area contributed by atoms with Gasteiger partial charge >= 0.3 is 12.1 Å². The van der Waals surface area contributed by atoms with Gasteiger partial charge in [0.15, 0.2) is 0 Å². The summed E-state index contributed by atoms with van der Waals surface area (Å²) in [6.45, 7) is 9.50. The number of likely N-dealkylation sites (N-methyl/N-ethyl adjacent to an activating group) is 1. The Bertz CT molecular complexity index is 1620. The summed E-state index contributed by atoms with van der Waals surface area (Å²) in [6.07, 6.45) is 6.33. The number of hydrogen-bond acceptors (Lipinski definition) is 6. The number of aryl methyl sites for hydroxylation is 1. The van der Waals surface area contributed by atoms with Gasteiger partial charge in [-0.1, -0.05) is 24.3 Å². The van der Waals surface area contributed by atoms with Crippen LogP contribution in [0.3, 0.4) is 0 Å². The second kappa shape index (κ2) is 14.1. The Morgan fingerprint density at radius 3 is 2.40 bits per heavy atom. The van der Waals surface area contributed by atoms with Gasteiger partial charge in [0.2, 0.25) is 5.91 Å². The van der Waals surface area contributed by atoms with Gasteiger partial charge in [0, 0.05) is 88.5 Å². The zero-order chi connectivity index (χ0) is 33.2. The number of likely N-dealkylation sites (tertiary alicyclic amines) is 2. The summed E-state index contributed by atoms with van der Waals surface area (Å²) in [7, 11) is 2.18. The van der Waals surface area contributed by atoms with Crippen LogP contribution >= 0.6 is 0 Å². The molecule has 3 saturated heterocycles. The number of anilines is 1. The molecule has 7 rings (SSSR count). The van der Waals surface area contributed by atoms with Crippen LogP contribution in [0.1, 0.15) is 42.4 Å². The second-order valence-corrected chi connectivity index (χ2v) is 14.1. The van der Waals surface area contributed by atoms with Crippen molar-refractivity contribution in [2.75, 3.05) is 71.3 Å². The smallest absolute Gasteiger partial charge is 0.322 e. The summed E-state index contributed by atoms with van der Waals surface area (Å²) in [5.74, 6) is -0.0131. The van der Waals surface area contributed by atoms with Crippen molar-refractivity contribution in [3.63, 3.8) is 0 Å². The number of fused-ring (bicyclic) bond motifs is 2. The van der Waals surface area contributed by atoms with E-state index >= 15 is 0 Å². The lowest BCUT2D eigenvalue weighted by molar-refractivity contribution is -0.135. The average Bonchev–Trinajstić information content (AvgIpc) is 3.52. The van der Waals surface area contributed by atoms with Crippen LogP contribution in [0.2, 0.25) is 0 Å². The van der Waals surface area contributed by atoms with E-state index in [-0.39, 0.29) is 24.0 Å². The van der Waals surface area contributed by atoms with Crippen molar-refractivity contribution in [3.05, 3.63) is 59.3 Å². The monoisotopic (exact) mass is 655 g/mol. The number of nitrogens with one attached hydrogen (secondary N) is 3. The molecule has 5 heterocycles. The summed E-state index contributed by atoms with van der Waals surface area (Å²) in [5, 5.41) is 14.5. The fraction of sp³-hybridized carbons (Fsp3) is 0.556. The number of aromatic amines is 1. The molecule has 1 unspecified atom stereocenters. The molecule has 4 aliphatic heterocycles. The number of para-hydroxylation sites is 1. The fourth-order valence-corrected chi connectivity index (χ4v) is 8.08. The predicted molar refractivity (Wildman–Crippen MR) is 186 cm³/mol. The summed E-state index contributed by atoms with van der Waals surface area (Å²) in [6, 6.07) is 11.7. The molecule has 4 aliphatic rings. The van der Waals surface area contributed by atoms with Gasteiger partial charge in [0.1, 0.15) is 6.04 Å². The Labute approximate surface area is 282 Å². The minimum atomic E-state index is -0.672. The van der Waals surface area contributed by atoms with E-state index < -0.39 is 6.04 Å². The van der Waals surface area contributed by atoms with Gasteiger partial charge in [-0.15, -0.1) is 0 Å². The number of carbonyl (C=O) groups is 3. The van der Waals surface area contributed by atoms with Crippen molar-refractivity contribution in [1.29, 1.82) is 0 Å². The van der Waals surface area contributed by atoms with Crippen molar-refractivity contribution >= 4 is 34.6 Å². The molecule has 1 atom stereocenters. The molecular formula is C36H49N9O3. The number of rotatable bonds is 6. The van der Waals surface area contributed by atoms with Crippen molar-refractivity contribution in [1.82, 2.24) is 40.0 Å². The summed E-state index contributed by atoms with van der Waals surface area (Å²) < 4.78 is 0. The molecule has 256 valence electrons. The molecule has 1 aromatic heterocycles. The predicted octanol–water partition coefficient (Wildman–Crippen LogP) is 3.29. The standard InChI is InChI=1S/C36H49N9O3/c1-25-21-26(22-28-24-37-40-33(25)28)23-32(34(46)43-12-8-29(9-13-43)42-19-17-41(2)18-20-42)39-35(47)44-14-10-30(11-15-44)45-16-7-27-5-3-4-6-31(27)38-36(45)48/h3-6,21-22,24,29-30,32H,7-20,23H2,1-2H3,(H,37,40)(H,38,48)(H,39,47). The van der Waals surface area contributed by atoms with Crippen LogP contribution < -0.4 is 10.6 Å². The number of H-pyrrole nitrogens is 1. The average molecular weight is 656 g/mol. The van der Waals surface area contributed by atoms with Crippen LogP contribution in [0, 0.1) is 6.92 Å². The highest BCUT2D eigenvalue weighted by molar-refractivity contribution is 5.91. The first-order valence-electron chi connectivity index (χ1n) is 17.7. The quantitative estimate of drug-likeness (QED) is 0.375. The number of nitrogens with zero attached hydrogens (tertiary/aromatic N) is 6. The van der Waals surface area contributed by atoms with Gasteiger partial charge in [0.25, 0.3) is 0 Å². The minimum absolute atomic E-state index is 0.0131. The summed E-state index contributed by atoms with van der Waals surface area (Å²) in [4.78, 5) is 51.7. The van der Waals surface area contributed by atoms with E-state index in [1.54, 1.807) is 6.20 Å². The highest BCUT2D eigenvalue weighted by Gasteiger charge is 2.35. The molecule has 12 heteroatoms. The van der Waals surface area contributed by atoms with Crippen molar-refractivity contribution < 1.29 is 14.4 Å². The normalized spacial score (nSPS) is 21.1. The number of piperidine rings is 2. The maximum atomic E-state index is 14.2. The van der Waals surface area contributed by atoms with Crippen molar-refractivity contribution in [2.24, 2.45) is 0 Å². The van der Waals surface area contributed by atoms with E-state index in [0.29, 0.717) is 58.0 Å². The van der Waals surface area contributed by atoms with E-state index in [4.69, 9.17) is 0 Å². The number of piperazine rings is 1. The molecule has 3 N–H and O–H groups in total. The van der Waals surface area contributed by atoms with Gasteiger partial charge in [-0.25, -0.2) is 9.59 Å². The molecular weight excluding hydrogens is 606 g/mol. The molecule has 3 aromatic rings. The number of aromatic nitrogens is 2. The van der Waals surface area contributed by atoms with Gasteiger partial charge in [-0.05, 0) is 74.9 Å². The number of carbonyl (C=O) groups excluding carboxylic acids is 3. The topological polar surface area (TPSA) is 120 Å². The van der Waals surface area contributed by atoms with Crippen LogP contribution in [-0.2, 0) is 17.6 Å². The van der Waals surface area contributed by atoms with E-state index in [9.17, 15) is 14.4 Å². The van der Waals surface area contributed by atoms with Crippen LogP contribution in [0.25, 0.3) is 10.9 Å². The third kappa shape index (κ3) is 7.00. The van der Waals surface area contributed by atoms with E-state index in [1.807, 2.05) is 39.8 Å². The summed E-state index contributed by atoms with van der Waals surface area (Å²) in [5.41, 5.74) is 5.07. The number of benzene rings is 2. The molecule has 0 spiro atoms. The maximum Gasteiger partial charge on any atom is 0.322 e. The van der Waals surface area contributed by atoms with Crippen molar-refractivity contribution in [2.45, 2.75) is 63.6 Å². The number of hydrogen-bond donors (Lipinski definition) is 3. The molecule has 0 bridgehead atoms. The van der Waals surface area contributed by atoms with Gasteiger partial charge in [-0.3, -0.25) is 14.8 Å². The molecule has 0 aliphatic carbocycles. The SMILES string of the molecule is Cc1cc(CC(NC(=O)N2CCC(N3CCc4ccccc4NC3=O)CC2)C(=O)N2CCC(N3CCN(C)CC3)CC2)cc2cn[nH]c12. The largest absolute Gasteiger partial charge is 0.341 e. The van der Waals surface area contributed by atoms with Gasteiger partial charge in [-0.2, -0.15) is 5.10 Å². The Balaban J connectivity index is 0.996.